The van der Waals surface area contributed by atoms with E-state index in [0.29, 0.717) is 12.1 Å². The summed E-state index contributed by atoms with van der Waals surface area (Å²) in [5.41, 5.74) is 0.197. The lowest BCUT2D eigenvalue weighted by Crippen LogP contribution is -2.61. The Morgan fingerprint density at radius 3 is 2.88 bits per heavy atom. The summed E-state index contributed by atoms with van der Waals surface area (Å²) in [6.07, 6.45) is 5.12. The molecule has 1 heterocycles. The second-order valence-electron chi connectivity index (χ2n) is 5.04. The van der Waals surface area contributed by atoms with Crippen LogP contribution in [0.25, 0.3) is 0 Å². The minimum absolute atomic E-state index is 0.197. The van der Waals surface area contributed by atoms with Gasteiger partial charge >= 0.3 is 0 Å². The highest BCUT2D eigenvalue weighted by molar-refractivity contribution is 5.15. The van der Waals surface area contributed by atoms with Gasteiger partial charge in [-0.25, -0.2) is 0 Å². The Morgan fingerprint density at radius 2 is 2.38 bits per heavy atom. The van der Waals surface area contributed by atoms with Gasteiger partial charge in [-0.1, -0.05) is 13.8 Å². The molecule has 1 aliphatic rings. The van der Waals surface area contributed by atoms with Crippen LogP contribution in [0.4, 0.5) is 0 Å². The van der Waals surface area contributed by atoms with Crippen LogP contribution in [0.2, 0.25) is 0 Å². The van der Waals surface area contributed by atoms with E-state index in [-0.39, 0.29) is 5.41 Å². The Bertz CT molecular complexity index is 359. The van der Waals surface area contributed by atoms with Gasteiger partial charge in [-0.2, -0.15) is 5.10 Å². The Morgan fingerprint density at radius 1 is 1.62 bits per heavy atom. The fourth-order valence-electron chi connectivity index (χ4n) is 2.32. The van der Waals surface area contributed by atoms with Crippen molar-refractivity contribution in [2.75, 3.05) is 7.05 Å². The fourth-order valence-corrected chi connectivity index (χ4v) is 2.32. The molecule has 4 nitrogen and oxygen atoms in total. The summed E-state index contributed by atoms with van der Waals surface area (Å²) in [6.45, 7) is 7.44. The van der Waals surface area contributed by atoms with E-state index in [9.17, 15) is 0 Å². The van der Waals surface area contributed by atoms with Gasteiger partial charge in [0.15, 0.2) is 5.75 Å². The van der Waals surface area contributed by atoms with Gasteiger partial charge in [-0.05, 0) is 14.0 Å². The molecule has 2 atom stereocenters. The highest BCUT2D eigenvalue weighted by atomic mass is 16.5. The zero-order valence-electron chi connectivity index (χ0n) is 10.5. The molecule has 0 spiro atoms. The molecule has 0 amide bonds. The van der Waals surface area contributed by atoms with Crippen molar-refractivity contribution in [1.82, 2.24) is 15.1 Å². The lowest BCUT2D eigenvalue weighted by Gasteiger charge is -2.51. The highest BCUT2D eigenvalue weighted by Crippen LogP contribution is 2.42. The molecule has 1 N–H and O–H groups in total. The Labute approximate surface area is 97.0 Å². The third kappa shape index (κ3) is 1.82. The summed E-state index contributed by atoms with van der Waals surface area (Å²) in [4.78, 5) is 0. The second-order valence-corrected chi connectivity index (χ2v) is 5.04. The predicted molar refractivity (Wildman–Crippen MR) is 63.6 cm³/mol. The van der Waals surface area contributed by atoms with Crippen molar-refractivity contribution < 1.29 is 4.74 Å². The van der Waals surface area contributed by atoms with Gasteiger partial charge in [0, 0.05) is 24.4 Å². The number of nitrogens with one attached hydrogen (secondary N) is 1. The summed E-state index contributed by atoms with van der Waals surface area (Å²) < 4.78 is 7.84. The first-order chi connectivity index (χ1) is 7.57. The van der Waals surface area contributed by atoms with Crippen molar-refractivity contribution in [2.24, 2.45) is 5.41 Å². The van der Waals surface area contributed by atoms with Crippen molar-refractivity contribution in [3.63, 3.8) is 0 Å². The first-order valence-electron chi connectivity index (χ1n) is 5.94. The van der Waals surface area contributed by atoms with Crippen LogP contribution in [0, 0.1) is 5.41 Å². The topological polar surface area (TPSA) is 39.1 Å². The normalized spacial score (nSPS) is 27.5. The first kappa shape index (κ1) is 11.5. The van der Waals surface area contributed by atoms with Gasteiger partial charge in [0.2, 0.25) is 0 Å². The van der Waals surface area contributed by atoms with E-state index in [1.165, 1.54) is 0 Å². The molecule has 16 heavy (non-hydrogen) atoms. The van der Waals surface area contributed by atoms with Gasteiger partial charge in [-0.3, -0.25) is 4.68 Å². The van der Waals surface area contributed by atoms with E-state index in [2.05, 4.69) is 31.2 Å². The molecule has 90 valence electrons. The number of aryl methyl sites for hydroxylation is 1. The number of nitrogens with zero attached hydrogens (tertiary/aromatic N) is 2. The molecule has 2 rings (SSSR count). The van der Waals surface area contributed by atoms with E-state index in [0.717, 1.165) is 18.7 Å². The number of aromatic nitrogens is 2. The average molecular weight is 223 g/mol. The number of ether oxygens (including phenoxy) is 1. The summed E-state index contributed by atoms with van der Waals surface area (Å²) in [6, 6.07) is 0.554. The van der Waals surface area contributed by atoms with Crippen molar-refractivity contribution in [1.29, 1.82) is 0 Å². The van der Waals surface area contributed by atoms with E-state index in [1.807, 2.05) is 17.9 Å². The zero-order chi connectivity index (χ0) is 11.8. The molecule has 1 aromatic rings. The summed E-state index contributed by atoms with van der Waals surface area (Å²) >= 11 is 0. The first-order valence-corrected chi connectivity index (χ1v) is 5.94. The number of rotatable bonds is 4. The molecule has 0 radical (unpaired) electrons. The van der Waals surface area contributed by atoms with Crippen LogP contribution < -0.4 is 10.1 Å². The van der Waals surface area contributed by atoms with E-state index < -0.39 is 0 Å². The van der Waals surface area contributed by atoms with Crippen molar-refractivity contribution in [3.05, 3.63) is 12.4 Å². The monoisotopic (exact) mass is 223 g/mol. The average Bonchev–Trinajstić information content (AvgIpc) is 2.71. The summed E-state index contributed by atoms with van der Waals surface area (Å²) in [5.74, 6) is 0.884. The molecule has 0 saturated heterocycles. The molecule has 0 bridgehead atoms. The van der Waals surface area contributed by atoms with E-state index in [1.54, 1.807) is 6.20 Å². The minimum atomic E-state index is 0.197. The molecule has 1 saturated carbocycles. The molecular formula is C12H21N3O. The third-order valence-corrected chi connectivity index (χ3v) is 3.74. The molecular weight excluding hydrogens is 202 g/mol. The molecule has 0 aliphatic heterocycles. The lowest BCUT2D eigenvalue weighted by molar-refractivity contribution is -0.0521. The molecule has 1 aromatic heterocycles. The molecule has 2 unspecified atom stereocenters. The lowest BCUT2D eigenvalue weighted by atomic mass is 9.64. The standard InChI is InChI=1S/C12H21N3O/c1-5-15-8-9(7-14-15)16-11-6-10(13-4)12(11,2)3/h7-8,10-11,13H,5-6H2,1-4H3. The maximum absolute atomic E-state index is 5.96. The predicted octanol–water partition coefficient (Wildman–Crippen LogP) is 1.67. The van der Waals surface area contributed by atoms with Crippen molar-refractivity contribution >= 4 is 0 Å². The largest absolute Gasteiger partial charge is 0.486 e. The number of hydrogen-bond acceptors (Lipinski definition) is 3. The van der Waals surface area contributed by atoms with Crippen LogP contribution in [0.5, 0.6) is 5.75 Å². The number of hydrogen-bond donors (Lipinski definition) is 1. The molecule has 4 heteroatoms. The Kier molecular flexibility index (Phi) is 2.93. The summed E-state index contributed by atoms with van der Waals surface area (Å²) in [7, 11) is 2.01. The van der Waals surface area contributed by atoms with E-state index in [4.69, 9.17) is 4.74 Å². The molecule has 1 fully saturated rings. The van der Waals surface area contributed by atoms with Crippen molar-refractivity contribution in [3.8, 4) is 5.75 Å². The summed E-state index contributed by atoms with van der Waals surface area (Å²) in [5, 5.41) is 7.53. The van der Waals surface area contributed by atoms with Crippen LogP contribution >= 0.6 is 0 Å². The van der Waals surface area contributed by atoms with Crippen LogP contribution in [-0.2, 0) is 6.54 Å². The maximum atomic E-state index is 5.96. The van der Waals surface area contributed by atoms with Crippen LogP contribution in [0.15, 0.2) is 12.4 Å². The minimum Gasteiger partial charge on any atom is -0.486 e. The van der Waals surface area contributed by atoms with Gasteiger partial charge in [0.05, 0.1) is 12.4 Å². The van der Waals surface area contributed by atoms with E-state index >= 15 is 0 Å². The second kappa shape index (κ2) is 4.09. The zero-order valence-corrected chi connectivity index (χ0v) is 10.5. The van der Waals surface area contributed by atoms with Crippen molar-refractivity contribution in [2.45, 2.75) is 45.9 Å². The molecule has 0 aromatic carbocycles. The Hall–Kier alpha value is -1.03. The van der Waals surface area contributed by atoms with Crippen LogP contribution in [0.1, 0.15) is 27.2 Å². The molecule has 1 aliphatic carbocycles. The highest BCUT2D eigenvalue weighted by Gasteiger charge is 2.49. The Balaban J connectivity index is 1.96. The van der Waals surface area contributed by atoms with Gasteiger partial charge in [0.1, 0.15) is 6.10 Å². The van der Waals surface area contributed by atoms with Gasteiger partial charge in [0.25, 0.3) is 0 Å². The third-order valence-electron chi connectivity index (χ3n) is 3.74. The van der Waals surface area contributed by atoms with Crippen LogP contribution in [0.3, 0.4) is 0 Å². The quantitative estimate of drug-likeness (QED) is 0.844. The van der Waals surface area contributed by atoms with Crippen LogP contribution in [-0.4, -0.2) is 29.0 Å². The van der Waals surface area contributed by atoms with Gasteiger partial charge in [-0.15, -0.1) is 0 Å². The maximum Gasteiger partial charge on any atom is 0.157 e. The SMILES string of the molecule is CCn1cc(OC2CC(NC)C2(C)C)cn1. The van der Waals surface area contributed by atoms with Gasteiger partial charge < -0.3 is 10.1 Å². The smallest absolute Gasteiger partial charge is 0.157 e. The fraction of sp³-hybridized carbons (Fsp3) is 0.750.